The van der Waals surface area contributed by atoms with Crippen LogP contribution in [0, 0.1) is 11.6 Å². The molecular formula is C15H12F2O3. The monoisotopic (exact) mass is 278 g/mol. The molecule has 0 saturated heterocycles. The van der Waals surface area contributed by atoms with Crippen molar-refractivity contribution in [1.29, 1.82) is 0 Å². The molecule has 0 fully saturated rings. The molecule has 20 heavy (non-hydrogen) atoms. The van der Waals surface area contributed by atoms with E-state index in [1.807, 2.05) is 0 Å². The largest absolute Gasteiger partial charge is 0.485 e. The molecule has 0 aromatic heterocycles. The van der Waals surface area contributed by atoms with Crippen molar-refractivity contribution < 1.29 is 23.4 Å². The topological polar surface area (TPSA) is 46.5 Å². The van der Waals surface area contributed by atoms with Crippen LogP contribution in [0.1, 0.15) is 15.9 Å². The van der Waals surface area contributed by atoms with Gasteiger partial charge in [0.25, 0.3) is 0 Å². The molecule has 3 nitrogen and oxygen atoms in total. The van der Waals surface area contributed by atoms with Gasteiger partial charge in [0.2, 0.25) is 5.78 Å². The molecule has 2 aromatic carbocycles. The van der Waals surface area contributed by atoms with E-state index in [0.717, 1.165) is 12.1 Å². The first-order valence-corrected chi connectivity index (χ1v) is 5.91. The maximum absolute atomic E-state index is 13.4. The van der Waals surface area contributed by atoms with E-state index in [4.69, 9.17) is 9.84 Å². The van der Waals surface area contributed by atoms with Crippen LogP contribution in [-0.4, -0.2) is 17.5 Å². The average molecular weight is 278 g/mol. The summed E-state index contributed by atoms with van der Waals surface area (Å²) in [4.78, 5) is 11.7. The van der Waals surface area contributed by atoms with E-state index in [1.165, 1.54) is 0 Å². The summed E-state index contributed by atoms with van der Waals surface area (Å²) in [7, 11) is 0. The molecule has 0 saturated carbocycles. The van der Waals surface area contributed by atoms with Gasteiger partial charge in [0, 0.05) is 6.07 Å². The summed E-state index contributed by atoms with van der Waals surface area (Å²) in [5.41, 5.74) is 0.506. The number of ketones is 1. The molecule has 0 unspecified atom stereocenters. The highest BCUT2D eigenvalue weighted by atomic mass is 19.1. The number of halogens is 2. The van der Waals surface area contributed by atoms with E-state index < -0.39 is 17.4 Å². The number of carbonyl (C=O) groups is 1. The number of hydrogen-bond acceptors (Lipinski definition) is 3. The Labute approximate surface area is 114 Å². The molecule has 0 spiro atoms. The number of ether oxygens (including phenoxy) is 1. The third kappa shape index (κ3) is 3.39. The fourth-order valence-electron chi connectivity index (χ4n) is 1.63. The van der Waals surface area contributed by atoms with E-state index in [9.17, 15) is 13.6 Å². The fourth-order valence-corrected chi connectivity index (χ4v) is 1.63. The number of carbonyl (C=O) groups excluding carboxylic acids is 1. The third-order valence-corrected chi connectivity index (χ3v) is 2.71. The molecule has 2 aromatic rings. The smallest absolute Gasteiger partial charge is 0.203 e. The average Bonchev–Trinajstić information content (AvgIpc) is 2.45. The van der Waals surface area contributed by atoms with E-state index in [0.29, 0.717) is 17.4 Å². The van der Waals surface area contributed by atoms with Crippen LogP contribution in [0.25, 0.3) is 0 Å². The van der Waals surface area contributed by atoms with E-state index >= 15 is 0 Å². The maximum Gasteiger partial charge on any atom is 0.203 e. The van der Waals surface area contributed by atoms with Gasteiger partial charge >= 0.3 is 0 Å². The Balaban J connectivity index is 2.00. The Morgan fingerprint density at radius 3 is 2.40 bits per heavy atom. The van der Waals surface area contributed by atoms with Crippen LogP contribution in [0.3, 0.4) is 0 Å². The number of benzene rings is 2. The van der Waals surface area contributed by atoms with Crippen LogP contribution < -0.4 is 4.74 Å². The van der Waals surface area contributed by atoms with Crippen molar-refractivity contribution in [1.82, 2.24) is 0 Å². The quantitative estimate of drug-likeness (QED) is 0.855. The predicted octanol–water partition coefficient (Wildman–Crippen LogP) is 2.72. The van der Waals surface area contributed by atoms with Crippen molar-refractivity contribution >= 4 is 5.78 Å². The zero-order valence-corrected chi connectivity index (χ0v) is 10.5. The SMILES string of the molecule is O=C(COc1ccc(CO)cc1)c1ccc(F)cc1F. The minimum Gasteiger partial charge on any atom is -0.485 e. The lowest BCUT2D eigenvalue weighted by Gasteiger charge is -2.07. The fraction of sp³-hybridized carbons (Fsp3) is 0.133. The van der Waals surface area contributed by atoms with Gasteiger partial charge in [-0.15, -0.1) is 0 Å². The second-order valence-corrected chi connectivity index (χ2v) is 4.14. The van der Waals surface area contributed by atoms with Gasteiger partial charge in [0.15, 0.2) is 6.61 Å². The summed E-state index contributed by atoms with van der Waals surface area (Å²) in [6.45, 7) is -0.430. The Kier molecular flexibility index (Phi) is 4.42. The molecule has 104 valence electrons. The Morgan fingerprint density at radius 2 is 1.80 bits per heavy atom. The molecule has 1 N–H and O–H groups in total. The molecule has 0 amide bonds. The molecule has 0 aliphatic rings. The van der Waals surface area contributed by atoms with Gasteiger partial charge in [0.05, 0.1) is 12.2 Å². The van der Waals surface area contributed by atoms with Gasteiger partial charge in [0.1, 0.15) is 17.4 Å². The minimum atomic E-state index is -0.908. The summed E-state index contributed by atoms with van der Waals surface area (Å²) < 4.78 is 31.3. The lowest BCUT2D eigenvalue weighted by atomic mass is 10.1. The Bertz CT molecular complexity index is 609. The zero-order chi connectivity index (χ0) is 14.5. The van der Waals surface area contributed by atoms with Crippen molar-refractivity contribution in [2.75, 3.05) is 6.61 Å². The molecule has 0 heterocycles. The summed E-state index contributed by atoms with van der Waals surface area (Å²) in [6.07, 6.45) is 0. The number of aliphatic hydroxyl groups excluding tert-OH is 1. The third-order valence-electron chi connectivity index (χ3n) is 2.71. The maximum atomic E-state index is 13.4. The van der Waals surface area contributed by atoms with Gasteiger partial charge < -0.3 is 9.84 Å². The second kappa shape index (κ2) is 6.25. The first-order valence-electron chi connectivity index (χ1n) is 5.91. The van der Waals surface area contributed by atoms with E-state index in [1.54, 1.807) is 24.3 Å². The van der Waals surface area contributed by atoms with Crippen LogP contribution in [0.5, 0.6) is 5.75 Å². The molecule has 2 rings (SSSR count). The molecule has 5 heteroatoms. The van der Waals surface area contributed by atoms with Crippen molar-refractivity contribution in [3.63, 3.8) is 0 Å². The molecular weight excluding hydrogens is 266 g/mol. The minimum absolute atomic E-state index is 0.0833. The van der Waals surface area contributed by atoms with Gasteiger partial charge in [-0.2, -0.15) is 0 Å². The number of aliphatic hydroxyl groups is 1. The summed E-state index contributed by atoms with van der Waals surface area (Å²) in [5.74, 6) is -1.79. The second-order valence-electron chi connectivity index (χ2n) is 4.14. The van der Waals surface area contributed by atoms with Crippen LogP contribution in [0.4, 0.5) is 8.78 Å². The number of rotatable bonds is 5. The summed E-state index contributed by atoms with van der Waals surface area (Å²) >= 11 is 0. The molecule has 0 aliphatic heterocycles. The highest BCUT2D eigenvalue weighted by Crippen LogP contribution is 2.14. The lowest BCUT2D eigenvalue weighted by Crippen LogP contribution is -2.13. The van der Waals surface area contributed by atoms with Crippen molar-refractivity contribution in [3.05, 3.63) is 65.2 Å². The molecule has 0 bridgehead atoms. The highest BCUT2D eigenvalue weighted by Gasteiger charge is 2.13. The zero-order valence-electron chi connectivity index (χ0n) is 10.5. The van der Waals surface area contributed by atoms with Gasteiger partial charge in [-0.05, 0) is 29.8 Å². The predicted molar refractivity (Wildman–Crippen MR) is 68.5 cm³/mol. The standard InChI is InChI=1S/C15H12F2O3/c16-11-3-6-13(14(17)7-11)15(19)9-20-12-4-1-10(8-18)2-5-12/h1-7,18H,8-9H2. The van der Waals surface area contributed by atoms with Crippen LogP contribution in [-0.2, 0) is 6.61 Å². The Hall–Kier alpha value is -2.27. The lowest BCUT2D eigenvalue weighted by molar-refractivity contribution is 0.0917. The van der Waals surface area contributed by atoms with Gasteiger partial charge in [-0.3, -0.25) is 4.79 Å². The van der Waals surface area contributed by atoms with Crippen LogP contribution in [0.2, 0.25) is 0 Å². The first-order chi connectivity index (χ1) is 9.60. The van der Waals surface area contributed by atoms with Gasteiger partial charge in [-0.1, -0.05) is 12.1 Å². The van der Waals surface area contributed by atoms with Crippen LogP contribution >= 0.6 is 0 Å². The Morgan fingerprint density at radius 1 is 1.10 bits per heavy atom. The first kappa shape index (κ1) is 14.1. The van der Waals surface area contributed by atoms with Crippen LogP contribution in [0.15, 0.2) is 42.5 Å². The number of hydrogen-bond donors (Lipinski definition) is 1. The molecule has 0 aliphatic carbocycles. The molecule has 0 atom stereocenters. The molecule has 0 radical (unpaired) electrons. The van der Waals surface area contributed by atoms with E-state index in [-0.39, 0.29) is 18.8 Å². The van der Waals surface area contributed by atoms with E-state index in [2.05, 4.69) is 0 Å². The van der Waals surface area contributed by atoms with Crippen molar-refractivity contribution in [3.8, 4) is 5.75 Å². The van der Waals surface area contributed by atoms with Crippen molar-refractivity contribution in [2.45, 2.75) is 6.61 Å². The summed E-state index contributed by atoms with van der Waals surface area (Å²) in [6, 6.07) is 9.26. The highest BCUT2D eigenvalue weighted by molar-refractivity contribution is 5.97. The number of Topliss-reactive ketones (excluding diaryl/α,β-unsaturated/α-hetero) is 1. The van der Waals surface area contributed by atoms with Gasteiger partial charge in [-0.25, -0.2) is 8.78 Å². The summed E-state index contributed by atoms with van der Waals surface area (Å²) in [5, 5.41) is 8.88. The van der Waals surface area contributed by atoms with Crippen molar-refractivity contribution in [2.24, 2.45) is 0 Å². The normalized spacial score (nSPS) is 10.3.